The third kappa shape index (κ3) is 5.75. The molecule has 22 heavy (non-hydrogen) atoms. The normalized spacial score (nSPS) is 11.4. The van der Waals surface area contributed by atoms with Crippen molar-refractivity contribution >= 4 is 11.6 Å². The molecule has 0 atom stereocenters. The maximum Gasteiger partial charge on any atom is 0.175 e. The van der Waals surface area contributed by atoms with Gasteiger partial charge in [-0.25, -0.2) is 0 Å². The first kappa shape index (κ1) is 18.6. The highest BCUT2D eigenvalue weighted by Gasteiger charge is 2.35. The molecule has 0 radical (unpaired) electrons. The summed E-state index contributed by atoms with van der Waals surface area (Å²) < 4.78 is 0. The van der Waals surface area contributed by atoms with Crippen molar-refractivity contribution in [3.8, 4) is 0 Å². The molecular formula is C20H30O2. The maximum absolute atomic E-state index is 12.5. The molecule has 0 fully saturated rings. The Bertz CT molecular complexity index is 460. The molecule has 0 saturated heterocycles. The molecule has 1 rings (SSSR count). The predicted molar refractivity (Wildman–Crippen MR) is 92.2 cm³/mol. The van der Waals surface area contributed by atoms with Gasteiger partial charge in [-0.1, -0.05) is 75.8 Å². The first-order valence-electron chi connectivity index (χ1n) is 8.63. The van der Waals surface area contributed by atoms with E-state index >= 15 is 0 Å². The second kappa shape index (κ2) is 9.55. The number of ketones is 2. The number of Topliss-reactive ketones (excluding diaryl/α,β-unsaturated/α-hetero) is 2. The molecule has 0 amide bonds. The molecule has 0 unspecified atom stereocenters. The predicted octanol–water partition coefficient (Wildman–Crippen LogP) is 5.61. The molecule has 0 spiro atoms. The van der Waals surface area contributed by atoms with Crippen molar-refractivity contribution in [2.45, 2.75) is 72.1 Å². The zero-order chi connectivity index (χ0) is 16.4. The Labute approximate surface area is 135 Å². The molecule has 122 valence electrons. The summed E-state index contributed by atoms with van der Waals surface area (Å²) in [7, 11) is 0. The van der Waals surface area contributed by atoms with Crippen LogP contribution in [0.1, 0.15) is 82.5 Å². The molecule has 0 aliphatic carbocycles. The SMILES string of the molecule is CCCCCCCCCC(=O)C(C)(C)C(=O)c1ccccc1. The van der Waals surface area contributed by atoms with Crippen molar-refractivity contribution in [1.82, 2.24) is 0 Å². The lowest BCUT2D eigenvalue weighted by Gasteiger charge is -2.21. The van der Waals surface area contributed by atoms with Crippen LogP contribution in [0.3, 0.4) is 0 Å². The number of benzene rings is 1. The lowest BCUT2D eigenvalue weighted by atomic mass is 9.78. The van der Waals surface area contributed by atoms with Crippen LogP contribution in [0, 0.1) is 5.41 Å². The Morgan fingerprint density at radius 1 is 0.864 bits per heavy atom. The van der Waals surface area contributed by atoms with E-state index in [1.54, 1.807) is 26.0 Å². The molecule has 0 heterocycles. The van der Waals surface area contributed by atoms with E-state index in [2.05, 4.69) is 6.92 Å². The molecule has 0 saturated carbocycles. The van der Waals surface area contributed by atoms with Crippen molar-refractivity contribution in [3.05, 3.63) is 35.9 Å². The fourth-order valence-electron chi connectivity index (χ4n) is 2.63. The molecule has 2 nitrogen and oxygen atoms in total. The third-order valence-electron chi connectivity index (χ3n) is 4.31. The average Bonchev–Trinajstić information content (AvgIpc) is 2.53. The quantitative estimate of drug-likeness (QED) is 0.303. The summed E-state index contributed by atoms with van der Waals surface area (Å²) in [5, 5.41) is 0. The van der Waals surface area contributed by atoms with E-state index in [1.807, 2.05) is 18.2 Å². The maximum atomic E-state index is 12.5. The topological polar surface area (TPSA) is 34.1 Å². The molecule has 1 aromatic rings. The Morgan fingerprint density at radius 3 is 2.00 bits per heavy atom. The zero-order valence-corrected chi connectivity index (χ0v) is 14.4. The molecule has 0 N–H and O–H groups in total. The zero-order valence-electron chi connectivity index (χ0n) is 14.4. The number of carbonyl (C=O) groups excluding carboxylic acids is 2. The van der Waals surface area contributed by atoms with Gasteiger partial charge in [-0.2, -0.15) is 0 Å². The number of unbranched alkanes of at least 4 members (excludes halogenated alkanes) is 6. The summed E-state index contributed by atoms with van der Waals surface area (Å²) in [5.41, 5.74) is -0.288. The van der Waals surface area contributed by atoms with Crippen molar-refractivity contribution in [1.29, 1.82) is 0 Å². The van der Waals surface area contributed by atoms with Gasteiger partial charge in [0.1, 0.15) is 5.78 Å². The summed E-state index contributed by atoms with van der Waals surface area (Å²) >= 11 is 0. The van der Waals surface area contributed by atoms with Crippen molar-refractivity contribution in [3.63, 3.8) is 0 Å². The minimum atomic E-state index is -0.913. The van der Waals surface area contributed by atoms with Gasteiger partial charge in [-0.05, 0) is 20.3 Å². The minimum absolute atomic E-state index is 0.0647. The minimum Gasteiger partial charge on any atom is -0.299 e. The van der Waals surface area contributed by atoms with E-state index in [0.29, 0.717) is 12.0 Å². The molecule has 2 heteroatoms. The fourth-order valence-corrected chi connectivity index (χ4v) is 2.63. The van der Waals surface area contributed by atoms with Gasteiger partial charge in [0.15, 0.2) is 5.78 Å². The average molecular weight is 302 g/mol. The van der Waals surface area contributed by atoms with E-state index in [1.165, 1.54) is 32.1 Å². The van der Waals surface area contributed by atoms with Crippen LogP contribution in [-0.4, -0.2) is 11.6 Å². The van der Waals surface area contributed by atoms with Crippen LogP contribution in [0.5, 0.6) is 0 Å². The van der Waals surface area contributed by atoms with Crippen LogP contribution in [0.4, 0.5) is 0 Å². The Hall–Kier alpha value is -1.44. The molecule has 0 aliphatic rings. The Morgan fingerprint density at radius 2 is 1.41 bits per heavy atom. The van der Waals surface area contributed by atoms with Gasteiger partial charge in [-0.15, -0.1) is 0 Å². The van der Waals surface area contributed by atoms with Crippen LogP contribution >= 0.6 is 0 Å². The van der Waals surface area contributed by atoms with Crippen molar-refractivity contribution in [2.75, 3.05) is 0 Å². The summed E-state index contributed by atoms with van der Waals surface area (Å²) in [4.78, 5) is 24.9. The van der Waals surface area contributed by atoms with Crippen LogP contribution < -0.4 is 0 Å². The Kier molecular flexibility index (Phi) is 8.08. The van der Waals surface area contributed by atoms with Gasteiger partial charge < -0.3 is 0 Å². The summed E-state index contributed by atoms with van der Waals surface area (Å²) in [5.74, 6) is -0.00374. The second-order valence-corrected chi connectivity index (χ2v) is 6.61. The van der Waals surface area contributed by atoms with Crippen LogP contribution in [-0.2, 0) is 4.79 Å². The van der Waals surface area contributed by atoms with Gasteiger partial charge in [0.2, 0.25) is 0 Å². The van der Waals surface area contributed by atoms with Gasteiger partial charge >= 0.3 is 0 Å². The molecule has 1 aromatic carbocycles. The first-order valence-corrected chi connectivity index (χ1v) is 8.63. The molecule has 0 bridgehead atoms. The lowest BCUT2D eigenvalue weighted by molar-refractivity contribution is -0.125. The highest BCUT2D eigenvalue weighted by atomic mass is 16.2. The van der Waals surface area contributed by atoms with Gasteiger partial charge in [0.25, 0.3) is 0 Å². The largest absolute Gasteiger partial charge is 0.299 e. The standard InChI is InChI=1S/C20H30O2/c1-4-5-6-7-8-9-13-16-18(21)20(2,3)19(22)17-14-11-10-12-15-17/h10-12,14-15H,4-9,13,16H2,1-3H3. The molecular weight excluding hydrogens is 272 g/mol. The summed E-state index contributed by atoms with van der Waals surface area (Å²) in [6.07, 6.45) is 8.81. The third-order valence-corrected chi connectivity index (χ3v) is 4.31. The monoisotopic (exact) mass is 302 g/mol. The second-order valence-electron chi connectivity index (χ2n) is 6.61. The van der Waals surface area contributed by atoms with Crippen LogP contribution in [0.15, 0.2) is 30.3 Å². The number of hydrogen-bond donors (Lipinski definition) is 0. The highest BCUT2D eigenvalue weighted by Crippen LogP contribution is 2.25. The highest BCUT2D eigenvalue weighted by molar-refractivity contribution is 6.13. The van der Waals surface area contributed by atoms with Crippen LogP contribution in [0.2, 0.25) is 0 Å². The van der Waals surface area contributed by atoms with Crippen molar-refractivity contribution < 1.29 is 9.59 Å². The molecule has 0 aromatic heterocycles. The summed E-state index contributed by atoms with van der Waals surface area (Å²) in [6.45, 7) is 5.72. The smallest absolute Gasteiger partial charge is 0.175 e. The number of rotatable bonds is 11. The first-order chi connectivity index (χ1) is 10.5. The summed E-state index contributed by atoms with van der Waals surface area (Å²) in [6, 6.07) is 9.12. The van der Waals surface area contributed by atoms with Gasteiger partial charge in [0.05, 0.1) is 5.41 Å². The number of hydrogen-bond acceptors (Lipinski definition) is 2. The lowest BCUT2D eigenvalue weighted by Crippen LogP contribution is -2.33. The molecule has 0 aliphatic heterocycles. The van der Waals surface area contributed by atoms with E-state index in [4.69, 9.17) is 0 Å². The van der Waals surface area contributed by atoms with E-state index in [0.717, 1.165) is 12.8 Å². The Balaban J connectivity index is 2.38. The van der Waals surface area contributed by atoms with E-state index in [9.17, 15) is 9.59 Å². The fraction of sp³-hybridized carbons (Fsp3) is 0.600. The van der Waals surface area contributed by atoms with Gasteiger partial charge in [-0.3, -0.25) is 9.59 Å². The van der Waals surface area contributed by atoms with Gasteiger partial charge in [0, 0.05) is 12.0 Å². The van der Waals surface area contributed by atoms with E-state index in [-0.39, 0.29) is 11.6 Å². The number of carbonyl (C=O) groups is 2. The van der Waals surface area contributed by atoms with E-state index < -0.39 is 5.41 Å². The van der Waals surface area contributed by atoms with Crippen molar-refractivity contribution in [2.24, 2.45) is 5.41 Å². The van der Waals surface area contributed by atoms with Crippen LogP contribution in [0.25, 0.3) is 0 Å².